The highest BCUT2D eigenvalue weighted by molar-refractivity contribution is 6.35. The average Bonchev–Trinajstić information content (AvgIpc) is 2.67. The van der Waals surface area contributed by atoms with E-state index in [4.69, 9.17) is 23.2 Å². The van der Waals surface area contributed by atoms with Gasteiger partial charge in [0.25, 0.3) is 11.8 Å². The van der Waals surface area contributed by atoms with Crippen molar-refractivity contribution in [2.45, 2.75) is 6.54 Å². The normalized spacial score (nSPS) is 13.8. The Morgan fingerprint density at radius 1 is 1.00 bits per heavy atom. The number of nitrogens with zero attached hydrogens (tertiary/aromatic N) is 3. The van der Waals surface area contributed by atoms with E-state index in [-0.39, 0.29) is 17.9 Å². The lowest BCUT2D eigenvalue weighted by atomic mass is 10.2. The zero-order valence-corrected chi connectivity index (χ0v) is 11.5. The fraction of sp³-hybridized carbons (Fsp3) is 0.0769. The maximum atomic E-state index is 12.1. The van der Waals surface area contributed by atoms with Crippen LogP contribution in [0.3, 0.4) is 0 Å². The molecule has 5 nitrogen and oxygen atoms in total. The Morgan fingerprint density at radius 3 is 2.15 bits per heavy atom. The molecule has 1 aliphatic heterocycles. The molecule has 0 N–H and O–H groups in total. The molecule has 7 heteroatoms. The first-order valence-corrected chi connectivity index (χ1v) is 6.44. The van der Waals surface area contributed by atoms with Gasteiger partial charge in [-0.3, -0.25) is 14.5 Å². The number of carbonyl (C=O) groups excluding carboxylic acids is 2. The summed E-state index contributed by atoms with van der Waals surface area (Å²) in [6, 6.07) is 4.89. The van der Waals surface area contributed by atoms with Crippen LogP contribution in [0.2, 0.25) is 10.0 Å². The van der Waals surface area contributed by atoms with Crippen LogP contribution in [0.15, 0.2) is 30.6 Å². The predicted octanol–water partition coefficient (Wildman–Crippen LogP) is 2.58. The van der Waals surface area contributed by atoms with E-state index in [1.807, 2.05) is 0 Å². The van der Waals surface area contributed by atoms with Crippen molar-refractivity contribution in [2.75, 3.05) is 0 Å². The molecule has 0 unspecified atom stereocenters. The Labute approximate surface area is 124 Å². The number of imide groups is 1. The third kappa shape index (κ3) is 2.05. The number of hydrogen-bond acceptors (Lipinski definition) is 4. The van der Waals surface area contributed by atoms with E-state index in [1.54, 1.807) is 18.2 Å². The van der Waals surface area contributed by atoms with E-state index < -0.39 is 11.8 Å². The van der Waals surface area contributed by atoms with Crippen molar-refractivity contribution in [1.82, 2.24) is 14.9 Å². The Morgan fingerprint density at radius 2 is 1.60 bits per heavy atom. The summed E-state index contributed by atoms with van der Waals surface area (Å²) in [5.74, 6) is -0.937. The van der Waals surface area contributed by atoms with Gasteiger partial charge in [-0.25, -0.2) is 9.97 Å². The fourth-order valence-electron chi connectivity index (χ4n) is 1.96. The smallest absolute Gasteiger partial charge is 0.267 e. The van der Waals surface area contributed by atoms with Crippen LogP contribution in [0, 0.1) is 0 Å². The highest BCUT2D eigenvalue weighted by Crippen LogP contribution is 2.26. The second-order valence-electron chi connectivity index (χ2n) is 4.19. The van der Waals surface area contributed by atoms with Gasteiger partial charge in [-0.1, -0.05) is 29.3 Å². The first kappa shape index (κ1) is 13.0. The molecule has 20 heavy (non-hydrogen) atoms. The van der Waals surface area contributed by atoms with Crippen molar-refractivity contribution in [2.24, 2.45) is 0 Å². The fourth-order valence-corrected chi connectivity index (χ4v) is 2.43. The number of rotatable bonds is 2. The van der Waals surface area contributed by atoms with Crippen molar-refractivity contribution in [3.8, 4) is 0 Å². The van der Waals surface area contributed by atoms with Crippen LogP contribution in [0.4, 0.5) is 0 Å². The van der Waals surface area contributed by atoms with Gasteiger partial charge in [-0.2, -0.15) is 0 Å². The number of aromatic nitrogens is 2. The van der Waals surface area contributed by atoms with Crippen LogP contribution in [-0.2, 0) is 6.54 Å². The van der Waals surface area contributed by atoms with E-state index >= 15 is 0 Å². The largest absolute Gasteiger partial charge is 0.282 e. The lowest BCUT2D eigenvalue weighted by Gasteiger charge is -2.14. The standard InChI is InChI=1S/C13H7Cl2N3O2/c14-8-2-1-7(9(15)5-8)6-18-12(19)10-11(13(18)20)17-4-3-16-10/h1-5H,6H2. The topological polar surface area (TPSA) is 63.2 Å². The van der Waals surface area contributed by atoms with E-state index in [9.17, 15) is 9.59 Å². The quantitative estimate of drug-likeness (QED) is 0.800. The maximum Gasteiger partial charge on any atom is 0.282 e. The number of hydrogen-bond donors (Lipinski definition) is 0. The summed E-state index contributed by atoms with van der Waals surface area (Å²) in [7, 11) is 0. The maximum absolute atomic E-state index is 12.1. The minimum atomic E-state index is -0.468. The molecule has 0 radical (unpaired) electrons. The monoisotopic (exact) mass is 307 g/mol. The Kier molecular flexibility index (Phi) is 3.16. The Bertz CT molecular complexity index is 698. The van der Waals surface area contributed by atoms with Gasteiger partial charge in [0.05, 0.1) is 6.54 Å². The van der Waals surface area contributed by atoms with Gasteiger partial charge in [0.15, 0.2) is 11.4 Å². The molecule has 0 atom stereocenters. The van der Waals surface area contributed by atoms with Crippen molar-refractivity contribution < 1.29 is 9.59 Å². The Hall–Kier alpha value is -1.98. The molecule has 1 aromatic heterocycles. The number of carbonyl (C=O) groups is 2. The van der Waals surface area contributed by atoms with Gasteiger partial charge in [0, 0.05) is 22.4 Å². The molecular formula is C13H7Cl2N3O2. The first-order valence-electron chi connectivity index (χ1n) is 5.69. The average molecular weight is 308 g/mol. The third-order valence-electron chi connectivity index (χ3n) is 2.94. The predicted molar refractivity (Wildman–Crippen MR) is 72.7 cm³/mol. The van der Waals surface area contributed by atoms with Gasteiger partial charge < -0.3 is 0 Å². The summed E-state index contributed by atoms with van der Waals surface area (Å²) in [5.41, 5.74) is 0.774. The SMILES string of the molecule is O=C1c2nccnc2C(=O)N1Cc1ccc(Cl)cc1Cl. The summed E-state index contributed by atoms with van der Waals surface area (Å²) < 4.78 is 0. The molecule has 0 saturated heterocycles. The van der Waals surface area contributed by atoms with Crippen molar-refractivity contribution in [3.05, 3.63) is 57.6 Å². The van der Waals surface area contributed by atoms with E-state index in [0.29, 0.717) is 15.6 Å². The summed E-state index contributed by atoms with van der Waals surface area (Å²) in [5, 5.41) is 0.888. The van der Waals surface area contributed by atoms with Gasteiger partial charge in [0.2, 0.25) is 0 Å². The number of amides is 2. The molecule has 2 heterocycles. The molecule has 0 bridgehead atoms. The lowest BCUT2D eigenvalue weighted by Crippen LogP contribution is -2.29. The first-order chi connectivity index (χ1) is 9.58. The molecule has 2 amide bonds. The summed E-state index contributed by atoms with van der Waals surface area (Å²) in [6.07, 6.45) is 2.76. The number of halogens is 2. The zero-order valence-electron chi connectivity index (χ0n) is 10.0. The van der Waals surface area contributed by atoms with Gasteiger partial charge in [-0.15, -0.1) is 0 Å². The van der Waals surface area contributed by atoms with E-state index in [1.165, 1.54) is 12.4 Å². The highest BCUT2D eigenvalue weighted by Gasteiger charge is 2.38. The number of fused-ring (bicyclic) bond motifs is 1. The molecule has 2 aromatic rings. The number of benzene rings is 1. The summed E-state index contributed by atoms with van der Waals surface area (Å²) >= 11 is 11.9. The molecule has 1 aromatic carbocycles. The van der Waals surface area contributed by atoms with Gasteiger partial charge >= 0.3 is 0 Å². The Balaban J connectivity index is 1.94. The molecule has 0 spiro atoms. The lowest BCUT2D eigenvalue weighted by molar-refractivity contribution is 0.0639. The van der Waals surface area contributed by atoms with Crippen LogP contribution in [0.1, 0.15) is 26.5 Å². The molecular weight excluding hydrogens is 301 g/mol. The summed E-state index contributed by atoms with van der Waals surface area (Å²) in [6.45, 7) is 0.0612. The van der Waals surface area contributed by atoms with E-state index in [0.717, 1.165) is 4.90 Å². The molecule has 0 aliphatic carbocycles. The van der Waals surface area contributed by atoms with Crippen LogP contribution in [-0.4, -0.2) is 26.7 Å². The molecule has 0 saturated carbocycles. The minimum Gasteiger partial charge on any atom is -0.267 e. The van der Waals surface area contributed by atoms with Crippen LogP contribution >= 0.6 is 23.2 Å². The highest BCUT2D eigenvalue weighted by atomic mass is 35.5. The second-order valence-corrected chi connectivity index (χ2v) is 5.03. The third-order valence-corrected chi connectivity index (χ3v) is 3.52. The van der Waals surface area contributed by atoms with Gasteiger partial charge in [-0.05, 0) is 17.7 Å². The van der Waals surface area contributed by atoms with Crippen molar-refractivity contribution >= 4 is 35.0 Å². The van der Waals surface area contributed by atoms with Crippen molar-refractivity contribution in [3.63, 3.8) is 0 Å². The van der Waals surface area contributed by atoms with E-state index in [2.05, 4.69) is 9.97 Å². The second kappa shape index (κ2) is 4.85. The molecule has 0 fully saturated rings. The molecule has 100 valence electrons. The van der Waals surface area contributed by atoms with Crippen LogP contribution < -0.4 is 0 Å². The van der Waals surface area contributed by atoms with Crippen LogP contribution in [0.5, 0.6) is 0 Å². The molecule has 3 rings (SSSR count). The minimum absolute atomic E-state index is 0.0612. The summed E-state index contributed by atoms with van der Waals surface area (Å²) in [4.78, 5) is 33.1. The van der Waals surface area contributed by atoms with Crippen LogP contribution in [0.25, 0.3) is 0 Å². The molecule has 1 aliphatic rings. The zero-order chi connectivity index (χ0) is 14.3. The van der Waals surface area contributed by atoms with Gasteiger partial charge in [0.1, 0.15) is 0 Å². The van der Waals surface area contributed by atoms with Crippen molar-refractivity contribution in [1.29, 1.82) is 0 Å².